The number of nitrogens with one attached hydrogen (secondary N) is 1. The lowest BCUT2D eigenvalue weighted by atomic mass is 9.89. The summed E-state index contributed by atoms with van der Waals surface area (Å²) in [5.41, 5.74) is 0.776. The summed E-state index contributed by atoms with van der Waals surface area (Å²) < 4.78 is 0. The highest BCUT2D eigenvalue weighted by Gasteiger charge is 2.32. The number of aliphatic hydroxyl groups is 1. The van der Waals surface area contributed by atoms with Crippen LogP contribution in [0.5, 0.6) is 0 Å². The highest BCUT2D eigenvalue weighted by Crippen LogP contribution is 2.22. The summed E-state index contributed by atoms with van der Waals surface area (Å²) in [4.78, 5) is 2.32. The zero-order valence-corrected chi connectivity index (χ0v) is 13.4. The third-order valence-corrected chi connectivity index (χ3v) is 3.97. The Morgan fingerprint density at radius 3 is 2.40 bits per heavy atom. The van der Waals surface area contributed by atoms with Crippen LogP contribution in [0.15, 0.2) is 30.3 Å². The number of hydrogen-bond donors (Lipinski definition) is 2. The Morgan fingerprint density at radius 2 is 1.90 bits per heavy atom. The lowest BCUT2D eigenvalue weighted by molar-refractivity contribution is 0.113. The van der Waals surface area contributed by atoms with Crippen LogP contribution >= 0.6 is 0 Å². The van der Waals surface area contributed by atoms with Crippen LogP contribution in [0.4, 0.5) is 0 Å². The molecule has 0 aliphatic heterocycles. The molecule has 20 heavy (non-hydrogen) atoms. The first kappa shape index (κ1) is 17.2. The van der Waals surface area contributed by atoms with Crippen molar-refractivity contribution >= 4 is 0 Å². The highest BCUT2D eigenvalue weighted by molar-refractivity contribution is 5.25. The van der Waals surface area contributed by atoms with E-state index in [4.69, 9.17) is 0 Å². The van der Waals surface area contributed by atoms with Crippen LogP contribution in [-0.2, 0) is 5.54 Å². The van der Waals surface area contributed by atoms with Gasteiger partial charge in [-0.25, -0.2) is 0 Å². The third kappa shape index (κ3) is 4.58. The van der Waals surface area contributed by atoms with Gasteiger partial charge in [0.2, 0.25) is 0 Å². The summed E-state index contributed by atoms with van der Waals surface area (Å²) in [5.74, 6) is 0.675. The molecular weight excluding hydrogens is 248 g/mol. The SMILES string of the molecule is CCNC(CO)(CN(C)CC(C)CC)c1ccccc1. The molecule has 0 saturated carbocycles. The highest BCUT2D eigenvalue weighted by atomic mass is 16.3. The standard InChI is InChI=1S/C17H30N2O/c1-5-15(3)12-19(4)13-17(14-20,18-6-2)16-10-8-7-9-11-16/h7-11,15,18,20H,5-6,12-14H2,1-4H3. The van der Waals surface area contributed by atoms with Gasteiger partial charge in [0.15, 0.2) is 0 Å². The van der Waals surface area contributed by atoms with E-state index in [9.17, 15) is 5.11 Å². The smallest absolute Gasteiger partial charge is 0.0797 e. The number of rotatable bonds is 9. The fourth-order valence-electron chi connectivity index (χ4n) is 2.73. The number of hydrogen-bond acceptors (Lipinski definition) is 3. The molecule has 2 unspecified atom stereocenters. The average Bonchev–Trinajstić information content (AvgIpc) is 2.47. The van der Waals surface area contributed by atoms with Crippen molar-refractivity contribution in [2.24, 2.45) is 5.92 Å². The van der Waals surface area contributed by atoms with E-state index in [2.05, 4.69) is 50.2 Å². The Morgan fingerprint density at radius 1 is 1.25 bits per heavy atom. The van der Waals surface area contributed by atoms with Crippen molar-refractivity contribution in [3.05, 3.63) is 35.9 Å². The summed E-state index contributed by atoms with van der Waals surface area (Å²) in [6.07, 6.45) is 1.18. The third-order valence-electron chi connectivity index (χ3n) is 3.97. The van der Waals surface area contributed by atoms with Gasteiger partial charge in [-0.1, -0.05) is 57.5 Å². The first-order valence-corrected chi connectivity index (χ1v) is 7.68. The van der Waals surface area contributed by atoms with Crippen molar-refractivity contribution < 1.29 is 5.11 Å². The van der Waals surface area contributed by atoms with Crippen molar-refractivity contribution in [1.29, 1.82) is 0 Å². The quantitative estimate of drug-likeness (QED) is 0.728. The lowest BCUT2D eigenvalue weighted by Crippen LogP contribution is -2.53. The molecule has 0 saturated heterocycles. The van der Waals surface area contributed by atoms with Crippen LogP contribution in [0.1, 0.15) is 32.8 Å². The largest absolute Gasteiger partial charge is 0.394 e. The van der Waals surface area contributed by atoms with E-state index in [1.54, 1.807) is 0 Å². The van der Waals surface area contributed by atoms with Gasteiger partial charge in [-0.3, -0.25) is 0 Å². The van der Waals surface area contributed by atoms with E-state index in [1.807, 2.05) is 18.2 Å². The number of nitrogens with zero attached hydrogens (tertiary/aromatic N) is 1. The van der Waals surface area contributed by atoms with E-state index in [-0.39, 0.29) is 12.1 Å². The van der Waals surface area contributed by atoms with Gasteiger partial charge in [0.05, 0.1) is 12.1 Å². The van der Waals surface area contributed by atoms with Gasteiger partial charge in [0.25, 0.3) is 0 Å². The molecule has 0 radical (unpaired) electrons. The molecule has 1 aromatic rings. The average molecular weight is 278 g/mol. The molecule has 3 nitrogen and oxygen atoms in total. The lowest BCUT2D eigenvalue weighted by Gasteiger charge is -2.37. The Labute approximate surface area is 124 Å². The number of likely N-dealkylation sites (N-methyl/N-ethyl adjacent to an activating group) is 2. The molecule has 2 N–H and O–H groups in total. The van der Waals surface area contributed by atoms with E-state index < -0.39 is 0 Å². The maximum Gasteiger partial charge on any atom is 0.0797 e. The molecule has 0 aliphatic rings. The molecule has 1 aromatic carbocycles. The second-order valence-corrected chi connectivity index (χ2v) is 5.85. The molecule has 0 heterocycles. The molecule has 0 spiro atoms. The molecule has 0 fully saturated rings. The van der Waals surface area contributed by atoms with Gasteiger partial charge in [-0.2, -0.15) is 0 Å². The molecule has 0 amide bonds. The summed E-state index contributed by atoms with van der Waals surface area (Å²) in [6.45, 7) is 9.39. The monoisotopic (exact) mass is 278 g/mol. The van der Waals surface area contributed by atoms with Crippen LogP contribution in [0.3, 0.4) is 0 Å². The number of benzene rings is 1. The topological polar surface area (TPSA) is 35.5 Å². The summed E-state index contributed by atoms with van der Waals surface area (Å²) in [6, 6.07) is 10.3. The van der Waals surface area contributed by atoms with Gasteiger partial charge >= 0.3 is 0 Å². The molecule has 2 atom stereocenters. The minimum absolute atomic E-state index is 0.107. The first-order chi connectivity index (χ1) is 9.57. The predicted molar refractivity (Wildman–Crippen MR) is 85.8 cm³/mol. The van der Waals surface area contributed by atoms with E-state index in [1.165, 1.54) is 6.42 Å². The van der Waals surface area contributed by atoms with Gasteiger partial charge in [0.1, 0.15) is 0 Å². The molecule has 0 bridgehead atoms. The normalized spacial score (nSPS) is 16.1. The minimum Gasteiger partial charge on any atom is -0.394 e. The molecule has 0 aromatic heterocycles. The Balaban J connectivity index is 2.88. The maximum atomic E-state index is 10.0. The minimum atomic E-state index is -0.377. The Kier molecular flexibility index (Phi) is 7.20. The van der Waals surface area contributed by atoms with Crippen molar-refractivity contribution in [2.75, 3.05) is 33.3 Å². The van der Waals surface area contributed by atoms with Crippen LogP contribution < -0.4 is 5.32 Å². The van der Waals surface area contributed by atoms with Gasteiger partial charge in [-0.05, 0) is 25.1 Å². The second kappa shape index (κ2) is 8.40. The fraction of sp³-hybridized carbons (Fsp3) is 0.647. The molecule has 1 rings (SSSR count). The van der Waals surface area contributed by atoms with E-state index in [0.29, 0.717) is 5.92 Å². The van der Waals surface area contributed by atoms with E-state index >= 15 is 0 Å². The first-order valence-electron chi connectivity index (χ1n) is 7.68. The molecule has 0 aliphatic carbocycles. The van der Waals surface area contributed by atoms with Crippen LogP contribution in [0.2, 0.25) is 0 Å². The maximum absolute atomic E-state index is 10.0. The Hall–Kier alpha value is -0.900. The van der Waals surface area contributed by atoms with Crippen molar-refractivity contribution in [2.45, 2.75) is 32.7 Å². The van der Waals surface area contributed by atoms with Crippen LogP contribution in [0.25, 0.3) is 0 Å². The van der Waals surface area contributed by atoms with Crippen molar-refractivity contribution in [1.82, 2.24) is 10.2 Å². The fourth-order valence-corrected chi connectivity index (χ4v) is 2.73. The summed E-state index contributed by atoms with van der Waals surface area (Å²) >= 11 is 0. The summed E-state index contributed by atoms with van der Waals surface area (Å²) in [7, 11) is 2.14. The van der Waals surface area contributed by atoms with Gasteiger partial charge in [0, 0.05) is 13.1 Å². The molecular formula is C17H30N2O. The second-order valence-electron chi connectivity index (χ2n) is 5.85. The van der Waals surface area contributed by atoms with Crippen LogP contribution in [0, 0.1) is 5.92 Å². The zero-order valence-electron chi connectivity index (χ0n) is 13.4. The summed E-state index contributed by atoms with van der Waals surface area (Å²) in [5, 5.41) is 13.5. The molecule has 3 heteroatoms. The van der Waals surface area contributed by atoms with Crippen LogP contribution in [-0.4, -0.2) is 43.3 Å². The number of aliphatic hydroxyl groups excluding tert-OH is 1. The zero-order chi connectivity index (χ0) is 15.0. The van der Waals surface area contributed by atoms with Gasteiger partial charge in [-0.15, -0.1) is 0 Å². The Bertz CT molecular complexity index is 369. The van der Waals surface area contributed by atoms with E-state index in [0.717, 1.165) is 25.2 Å². The van der Waals surface area contributed by atoms with Crippen molar-refractivity contribution in [3.63, 3.8) is 0 Å². The molecule has 114 valence electrons. The van der Waals surface area contributed by atoms with Gasteiger partial charge < -0.3 is 15.3 Å². The predicted octanol–water partition coefficient (Wildman–Crippen LogP) is 2.46. The van der Waals surface area contributed by atoms with Crippen molar-refractivity contribution in [3.8, 4) is 0 Å².